The third kappa shape index (κ3) is 4.45. The van der Waals surface area contributed by atoms with E-state index in [4.69, 9.17) is 34.6 Å². The van der Waals surface area contributed by atoms with Gasteiger partial charge in [-0.1, -0.05) is 6.07 Å². The Morgan fingerprint density at radius 1 is 1.18 bits per heavy atom. The Labute approximate surface area is 228 Å². The average Bonchev–Trinajstić information content (AvgIpc) is 3.31. The molecule has 5 aliphatic rings. The molecule has 7 rings (SSSR count). The van der Waals surface area contributed by atoms with E-state index >= 15 is 0 Å². The summed E-state index contributed by atoms with van der Waals surface area (Å²) in [6, 6.07) is 6.33. The summed E-state index contributed by atoms with van der Waals surface area (Å²) in [7, 11) is 0. The van der Waals surface area contributed by atoms with Gasteiger partial charge in [0.15, 0.2) is 0 Å². The predicted molar refractivity (Wildman–Crippen MR) is 144 cm³/mol. The molecule has 4 atom stereocenters. The van der Waals surface area contributed by atoms with E-state index in [1.807, 2.05) is 18.2 Å². The Morgan fingerprint density at radius 3 is 3.03 bits per heavy atom. The smallest absolute Gasteiger partial charge is 0.318 e. The maximum absolute atomic E-state index is 14.4. The fraction of sp³-hybridized carbons (Fsp3) is 0.655. The Hall–Kier alpha value is -2.53. The number of nitrogens with zero attached hydrogens (tertiary/aromatic N) is 4. The molecule has 0 radical (unpaired) electrons. The number of alkyl halides is 1. The largest absolute Gasteiger partial charge is 0.461 e. The highest BCUT2D eigenvalue weighted by molar-refractivity contribution is 5.54. The molecule has 3 fully saturated rings. The Kier molecular flexibility index (Phi) is 6.41. The highest BCUT2D eigenvalue weighted by Gasteiger charge is 2.50. The van der Waals surface area contributed by atoms with Gasteiger partial charge in [0.05, 0.1) is 37.2 Å². The first-order valence-electron chi connectivity index (χ1n) is 14.3. The molecule has 1 aromatic heterocycles. The standard InChI is InChI=1S/C29H38FN5O4/c1-19-22-5-4-21(31)12-24(22)29(18-37-19)14-25-23(16-39-29)26(34-7-3-10-36-11-9-34)33-27(32-25)38-17-28-6-2-8-35(28)15-20(30)13-28/h4-5,12,19-20H,2-3,6-11,13-18,31H2,1H3/t19-,20+,28?,29-/m0/s1. The van der Waals surface area contributed by atoms with E-state index in [0.29, 0.717) is 57.5 Å². The van der Waals surface area contributed by atoms with Gasteiger partial charge in [0, 0.05) is 50.3 Å². The Bertz CT molecular complexity index is 1240. The van der Waals surface area contributed by atoms with Gasteiger partial charge in [-0.05, 0) is 56.0 Å². The Balaban J connectivity index is 1.25. The van der Waals surface area contributed by atoms with E-state index in [-0.39, 0.29) is 11.6 Å². The second-order valence-electron chi connectivity index (χ2n) is 11.8. The number of fused-ring (bicyclic) bond motifs is 4. The van der Waals surface area contributed by atoms with Gasteiger partial charge in [0.25, 0.3) is 0 Å². The maximum Gasteiger partial charge on any atom is 0.318 e. The fourth-order valence-corrected chi connectivity index (χ4v) is 7.27. The fourth-order valence-electron chi connectivity index (χ4n) is 7.27. The quantitative estimate of drug-likeness (QED) is 0.587. The zero-order valence-electron chi connectivity index (χ0n) is 22.7. The molecule has 0 bridgehead atoms. The minimum atomic E-state index is -0.802. The van der Waals surface area contributed by atoms with Crippen molar-refractivity contribution in [2.24, 2.45) is 0 Å². The van der Waals surface area contributed by atoms with E-state index in [1.54, 1.807) is 0 Å². The molecule has 0 saturated carbocycles. The molecule has 2 N–H and O–H groups in total. The number of anilines is 2. The molecule has 1 spiro atoms. The summed E-state index contributed by atoms with van der Waals surface area (Å²) in [6.07, 6.45) is 3.15. The molecule has 3 saturated heterocycles. The van der Waals surface area contributed by atoms with Crippen molar-refractivity contribution in [3.8, 4) is 6.01 Å². The number of rotatable bonds is 4. The number of hydrogen-bond donors (Lipinski definition) is 1. The van der Waals surface area contributed by atoms with Crippen LogP contribution < -0.4 is 15.4 Å². The first-order chi connectivity index (χ1) is 18.9. The molecule has 39 heavy (non-hydrogen) atoms. The molecule has 1 unspecified atom stereocenters. The van der Waals surface area contributed by atoms with Gasteiger partial charge >= 0.3 is 6.01 Å². The number of hydrogen-bond acceptors (Lipinski definition) is 9. The van der Waals surface area contributed by atoms with Crippen LogP contribution in [0.3, 0.4) is 0 Å². The van der Waals surface area contributed by atoms with Crippen molar-refractivity contribution in [1.29, 1.82) is 0 Å². The lowest BCUT2D eigenvalue weighted by Crippen LogP contribution is -2.45. The van der Waals surface area contributed by atoms with Crippen molar-refractivity contribution in [2.75, 3.05) is 63.2 Å². The summed E-state index contributed by atoms with van der Waals surface area (Å²) in [5, 5.41) is 0. The second kappa shape index (κ2) is 9.83. The van der Waals surface area contributed by atoms with E-state index in [9.17, 15) is 4.39 Å². The van der Waals surface area contributed by atoms with Gasteiger partial charge in [0.1, 0.15) is 24.2 Å². The molecular weight excluding hydrogens is 501 g/mol. The van der Waals surface area contributed by atoms with Crippen LogP contribution in [-0.2, 0) is 32.8 Å². The van der Waals surface area contributed by atoms with Gasteiger partial charge in [-0.2, -0.15) is 9.97 Å². The maximum atomic E-state index is 14.4. The zero-order chi connectivity index (χ0) is 26.6. The lowest BCUT2D eigenvalue weighted by Gasteiger charge is -2.44. The van der Waals surface area contributed by atoms with E-state index in [0.717, 1.165) is 73.7 Å². The second-order valence-corrected chi connectivity index (χ2v) is 11.8. The summed E-state index contributed by atoms with van der Waals surface area (Å²) >= 11 is 0. The summed E-state index contributed by atoms with van der Waals surface area (Å²) in [5.74, 6) is 0.851. The van der Waals surface area contributed by atoms with Crippen molar-refractivity contribution < 1.29 is 23.3 Å². The van der Waals surface area contributed by atoms with Crippen LogP contribution in [0.4, 0.5) is 15.9 Å². The van der Waals surface area contributed by atoms with Crippen LogP contribution in [0.2, 0.25) is 0 Å². The average molecular weight is 540 g/mol. The molecule has 1 aromatic carbocycles. The molecule has 5 aliphatic heterocycles. The van der Waals surface area contributed by atoms with Crippen LogP contribution in [0, 0.1) is 0 Å². The molecule has 210 valence electrons. The number of benzene rings is 1. The highest BCUT2D eigenvalue weighted by atomic mass is 19.1. The van der Waals surface area contributed by atoms with Crippen LogP contribution >= 0.6 is 0 Å². The summed E-state index contributed by atoms with van der Waals surface area (Å²) in [5.41, 5.74) is 10.1. The van der Waals surface area contributed by atoms with Crippen molar-refractivity contribution >= 4 is 11.5 Å². The lowest BCUT2D eigenvalue weighted by atomic mass is 9.80. The Morgan fingerprint density at radius 2 is 2.10 bits per heavy atom. The van der Waals surface area contributed by atoms with Gasteiger partial charge in [-0.25, -0.2) is 4.39 Å². The number of nitrogen functional groups attached to an aromatic ring is 1. The normalized spacial score (nSPS) is 32.5. The monoisotopic (exact) mass is 539 g/mol. The first-order valence-corrected chi connectivity index (χ1v) is 14.3. The third-order valence-corrected chi connectivity index (χ3v) is 9.32. The zero-order valence-corrected chi connectivity index (χ0v) is 22.7. The van der Waals surface area contributed by atoms with E-state index < -0.39 is 11.8 Å². The topological polar surface area (TPSA) is 95.2 Å². The molecule has 6 heterocycles. The van der Waals surface area contributed by atoms with Crippen molar-refractivity contribution in [3.05, 3.63) is 40.6 Å². The highest BCUT2D eigenvalue weighted by Crippen LogP contribution is 2.46. The van der Waals surface area contributed by atoms with Gasteiger partial charge in [0.2, 0.25) is 0 Å². The summed E-state index contributed by atoms with van der Waals surface area (Å²) in [4.78, 5) is 14.4. The van der Waals surface area contributed by atoms with Crippen LogP contribution in [0.15, 0.2) is 18.2 Å². The number of aromatic nitrogens is 2. The van der Waals surface area contributed by atoms with Gasteiger partial charge in [-0.15, -0.1) is 0 Å². The van der Waals surface area contributed by atoms with Crippen LogP contribution in [0.1, 0.15) is 61.1 Å². The minimum Gasteiger partial charge on any atom is -0.461 e. The van der Waals surface area contributed by atoms with Crippen molar-refractivity contribution in [1.82, 2.24) is 14.9 Å². The number of nitrogens with two attached hydrogens (primary N) is 1. The number of ether oxygens (including phenoxy) is 4. The van der Waals surface area contributed by atoms with E-state index in [2.05, 4.69) is 16.7 Å². The third-order valence-electron chi connectivity index (χ3n) is 9.32. The SMILES string of the molecule is C[C@@H]1OC[C@@]2(Cc3nc(OCC45CCCN4C[C@H](F)C5)nc(N4CCCOCC4)c3CO2)c2cc(N)ccc21. The summed E-state index contributed by atoms with van der Waals surface area (Å²) < 4.78 is 39.4. The summed E-state index contributed by atoms with van der Waals surface area (Å²) in [6.45, 7) is 7.65. The molecule has 0 amide bonds. The van der Waals surface area contributed by atoms with Crippen LogP contribution in [-0.4, -0.2) is 79.2 Å². The van der Waals surface area contributed by atoms with Crippen LogP contribution in [0.25, 0.3) is 0 Å². The minimum absolute atomic E-state index is 0.0347. The van der Waals surface area contributed by atoms with Gasteiger partial charge < -0.3 is 29.6 Å². The van der Waals surface area contributed by atoms with E-state index in [1.165, 1.54) is 0 Å². The first kappa shape index (κ1) is 25.4. The molecule has 0 aliphatic carbocycles. The molecule has 2 aromatic rings. The molecule has 9 nitrogen and oxygen atoms in total. The van der Waals surface area contributed by atoms with Crippen molar-refractivity contribution in [2.45, 2.75) is 69.1 Å². The van der Waals surface area contributed by atoms with Crippen molar-refractivity contribution in [3.63, 3.8) is 0 Å². The van der Waals surface area contributed by atoms with Crippen LogP contribution in [0.5, 0.6) is 6.01 Å². The molecular formula is C29H38FN5O4. The van der Waals surface area contributed by atoms with Gasteiger partial charge in [-0.3, -0.25) is 4.90 Å². The number of halogens is 1. The lowest BCUT2D eigenvalue weighted by molar-refractivity contribution is -0.148. The predicted octanol–water partition coefficient (Wildman–Crippen LogP) is 3.30. The molecule has 10 heteroatoms.